The summed E-state index contributed by atoms with van der Waals surface area (Å²) in [6.07, 6.45) is 0. The summed E-state index contributed by atoms with van der Waals surface area (Å²) in [5, 5.41) is 0. The van der Waals surface area contributed by atoms with E-state index in [-0.39, 0.29) is 4.75 Å². The van der Waals surface area contributed by atoms with E-state index in [2.05, 4.69) is 20.3 Å². The van der Waals surface area contributed by atoms with E-state index in [0.29, 0.717) is 0 Å². The largest absolute Gasteiger partial charge is 0.234 e. The molecule has 0 aliphatic carbocycles. The highest BCUT2D eigenvalue weighted by Gasteiger charge is 2.19. The molecule has 0 bridgehead atoms. The number of halogens is 1. The fourth-order valence-corrected chi connectivity index (χ4v) is 2.44. The fraction of sp³-hybridized carbons (Fsp3) is 0.462. The predicted molar refractivity (Wildman–Crippen MR) is 79.0 cm³/mol. The molecule has 1 aromatic rings. The Balaban J connectivity index is 3.09. The summed E-state index contributed by atoms with van der Waals surface area (Å²) < 4.78 is 17.0. The Hall–Kier alpha value is -0.480. The Morgan fingerprint density at radius 2 is 1.94 bits per heavy atom. The Morgan fingerprint density at radius 1 is 1.35 bits per heavy atom. The molecule has 94 valence electrons. The van der Waals surface area contributed by atoms with Gasteiger partial charge in [-0.1, -0.05) is 22.0 Å². The highest BCUT2D eigenvalue weighted by atomic mass is 79.9. The molecule has 0 spiro atoms. The van der Waals surface area contributed by atoms with Gasteiger partial charge in [-0.05, 0) is 57.9 Å². The van der Waals surface area contributed by atoms with Crippen molar-refractivity contribution in [2.75, 3.05) is 0 Å². The molecule has 0 aromatic heterocycles. The first kappa shape index (κ1) is 14.6. The maximum atomic E-state index is 11.9. The van der Waals surface area contributed by atoms with E-state index in [1.807, 2.05) is 52.8 Å². The minimum Gasteiger partial charge on any atom is -0.234 e. The highest BCUT2D eigenvalue weighted by Crippen LogP contribution is 2.18. The summed E-state index contributed by atoms with van der Waals surface area (Å²) >= 11 is 3.43. The van der Waals surface area contributed by atoms with Gasteiger partial charge in [-0.15, -0.1) is 0 Å². The Bertz CT molecular complexity index is 475. The van der Waals surface area contributed by atoms with Gasteiger partial charge >= 0.3 is 0 Å². The first-order chi connectivity index (χ1) is 7.71. The highest BCUT2D eigenvalue weighted by molar-refractivity contribution is 9.10. The summed E-state index contributed by atoms with van der Waals surface area (Å²) in [6, 6.07) is 6.01. The van der Waals surface area contributed by atoms with Crippen LogP contribution in [0.15, 0.2) is 27.1 Å². The number of hydrogen-bond acceptors (Lipinski definition) is 1. The summed E-state index contributed by atoms with van der Waals surface area (Å²) in [5.74, 6) is 0. The second kappa shape index (κ2) is 5.44. The average Bonchev–Trinajstić information content (AvgIpc) is 2.15. The van der Waals surface area contributed by atoms with Crippen LogP contribution in [0.5, 0.6) is 0 Å². The minimum atomic E-state index is -1.21. The first-order valence-corrected chi connectivity index (χ1v) is 7.35. The SMILES string of the molecule is CC(=N[S@](=O)C(C)(C)C)c1ccc(Br)cc1C. The third kappa shape index (κ3) is 4.03. The van der Waals surface area contributed by atoms with Gasteiger partial charge in [0.2, 0.25) is 0 Å². The van der Waals surface area contributed by atoms with Crippen LogP contribution < -0.4 is 0 Å². The van der Waals surface area contributed by atoms with Crippen LogP contribution in [0.4, 0.5) is 0 Å². The number of hydrogen-bond donors (Lipinski definition) is 0. The van der Waals surface area contributed by atoms with Crippen molar-refractivity contribution >= 4 is 32.6 Å². The van der Waals surface area contributed by atoms with Gasteiger partial charge in [0, 0.05) is 4.47 Å². The molecule has 0 heterocycles. The summed E-state index contributed by atoms with van der Waals surface area (Å²) in [5.41, 5.74) is 3.00. The molecule has 0 saturated heterocycles. The Labute approximate surface area is 114 Å². The fourth-order valence-electron chi connectivity index (χ4n) is 1.34. The van der Waals surface area contributed by atoms with Gasteiger partial charge in [0.1, 0.15) is 11.0 Å². The molecule has 0 aliphatic heterocycles. The minimum absolute atomic E-state index is 0.315. The molecule has 0 amide bonds. The van der Waals surface area contributed by atoms with Crippen molar-refractivity contribution in [3.8, 4) is 0 Å². The van der Waals surface area contributed by atoms with Crippen LogP contribution in [0.1, 0.15) is 38.8 Å². The zero-order valence-electron chi connectivity index (χ0n) is 10.9. The molecule has 0 unspecified atom stereocenters. The van der Waals surface area contributed by atoms with Gasteiger partial charge < -0.3 is 0 Å². The lowest BCUT2D eigenvalue weighted by molar-refractivity contribution is 0.650. The quantitative estimate of drug-likeness (QED) is 0.758. The zero-order chi connectivity index (χ0) is 13.2. The summed E-state index contributed by atoms with van der Waals surface area (Å²) in [6.45, 7) is 9.70. The third-order valence-electron chi connectivity index (χ3n) is 2.32. The molecular weight excluding hydrogens is 298 g/mol. The van der Waals surface area contributed by atoms with Gasteiger partial charge in [-0.2, -0.15) is 4.40 Å². The van der Waals surface area contributed by atoms with Crippen molar-refractivity contribution < 1.29 is 4.21 Å². The van der Waals surface area contributed by atoms with Crippen molar-refractivity contribution in [3.63, 3.8) is 0 Å². The van der Waals surface area contributed by atoms with Crippen LogP contribution in [-0.4, -0.2) is 14.7 Å². The molecule has 0 saturated carbocycles. The molecular formula is C13H18BrNOS. The van der Waals surface area contributed by atoms with Crippen molar-refractivity contribution in [2.45, 2.75) is 39.4 Å². The van der Waals surface area contributed by atoms with Crippen molar-refractivity contribution in [2.24, 2.45) is 4.40 Å². The molecule has 1 aromatic carbocycles. The van der Waals surface area contributed by atoms with Crippen LogP contribution in [0, 0.1) is 6.92 Å². The van der Waals surface area contributed by atoms with E-state index in [4.69, 9.17) is 0 Å². The van der Waals surface area contributed by atoms with E-state index < -0.39 is 11.0 Å². The average molecular weight is 316 g/mol. The summed E-state index contributed by atoms with van der Waals surface area (Å²) in [4.78, 5) is 0. The maximum absolute atomic E-state index is 11.9. The smallest absolute Gasteiger partial charge is 0.145 e. The number of aryl methyl sites for hydroxylation is 1. The monoisotopic (exact) mass is 315 g/mol. The normalized spacial score (nSPS) is 14.8. The molecule has 2 nitrogen and oxygen atoms in total. The van der Waals surface area contributed by atoms with Gasteiger partial charge in [0.25, 0.3) is 0 Å². The lowest BCUT2D eigenvalue weighted by Crippen LogP contribution is -2.20. The summed E-state index contributed by atoms with van der Waals surface area (Å²) in [7, 11) is -1.21. The standard InChI is InChI=1S/C13H18BrNOS/c1-9-8-11(14)6-7-12(9)10(2)15-17(16)13(3,4)5/h6-8H,1-5H3/t17-/m1/s1. The third-order valence-corrected chi connectivity index (χ3v) is 4.30. The lowest BCUT2D eigenvalue weighted by atomic mass is 10.1. The molecule has 0 radical (unpaired) electrons. The Morgan fingerprint density at radius 3 is 2.41 bits per heavy atom. The van der Waals surface area contributed by atoms with Gasteiger partial charge in [0.05, 0.1) is 10.5 Å². The molecule has 1 atom stereocenters. The van der Waals surface area contributed by atoms with Crippen LogP contribution in [0.3, 0.4) is 0 Å². The van der Waals surface area contributed by atoms with Gasteiger partial charge in [0.15, 0.2) is 0 Å². The number of benzene rings is 1. The van der Waals surface area contributed by atoms with Gasteiger partial charge in [-0.25, -0.2) is 4.21 Å². The van der Waals surface area contributed by atoms with Crippen LogP contribution in [0.25, 0.3) is 0 Å². The number of nitrogens with zero attached hydrogens (tertiary/aromatic N) is 1. The molecule has 0 fully saturated rings. The van der Waals surface area contributed by atoms with E-state index >= 15 is 0 Å². The van der Waals surface area contributed by atoms with E-state index in [9.17, 15) is 4.21 Å². The lowest BCUT2D eigenvalue weighted by Gasteiger charge is -2.14. The van der Waals surface area contributed by atoms with Crippen molar-refractivity contribution in [1.29, 1.82) is 0 Å². The predicted octanol–water partition coefficient (Wildman–Crippen LogP) is 4.03. The first-order valence-electron chi connectivity index (χ1n) is 5.45. The molecule has 0 aliphatic rings. The molecule has 1 rings (SSSR count). The van der Waals surface area contributed by atoms with Crippen molar-refractivity contribution in [1.82, 2.24) is 0 Å². The van der Waals surface area contributed by atoms with E-state index in [1.165, 1.54) is 0 Å². The van der Waals surface area contributed by atoms with Crippen molar-refractivity contribution in [3.05, 3.63) is 33.8 Å². The van der Waals surface area contributed by atoms with Gasteiger partial charge in [-0.3, -0.25) is 0 Å². The second-order valence-electron chi connectivity index (χ2n) is 5.00. The van der Waals surface area contributed by atoms with Crippen LogP contribution in [-0.2, 0) is 11.0 Å². The number of rotatable bonds is 2. The van der Waals surface area contributed by atoms with Crippen LogP contribution in [0.2, 0.25) is 0 Å². The van der Waals surface area contributed by atoms with E-state index in [1.54, 1.807) is 0 Å². The van der Waals surface area contributed by atoms with E-state index in [0.717, 1.165) is 21.3 Å². The topological polar surface area (TPSA) is 29.4 Å². The second-order valence-corrected chi connectivity index (χ2v) is 7.82. The van der Waals surface area contributed by atoms with Crippen LogP contribution >= 0.6 is 15.9 Å². The molecule has 0 N–H and O–H groups in total. The zero-order valence-corrected chi connectivity index (χ0v) is 13.3. The molecule has 17 heavy (non-hydrogen) atoms. The maximum Gasteiger partial charge on any atom is 0.145 e. The Kier molecular flexibility index (Phi) is 4.67. The molecule has 4 heteroatoms.